The maximum atomic E-state index is 12.6. The average molecular weight is 314 g/mol. The number of hydrogen-bond acceptors (Lipinski definition) is 4. The lowest BCUT2D eigenvalue weighted by atomic mass is 10.0. The number of ether oxygens (including phenoxy) is 2. The number of carbonyl (C=O) groups excluding carboxylic acids is 1. The Kier molecular flexibility index (Phi) is 4.22. The van der Waals surface area contributed by atoms with Gasteiger partial charge in [-0.2, -0.15) is 0 Å². The van der Waals surface area contributed by atoms with E-state index >= 15 is 0 Å². The summed E-state index contributed by atoms with van der Waals surface area (Å²) in [6, 6.07) is 10.0. The van der Waals surface area contributed by atoms with Crippen molar-refractivity contribution in [2.75, 3.05) is 6.61 Å². The molecule has 1 saturated heterocycles. The van der Waals surface area contributed by atoms with E-state index < -0.39 is 5.60 Å². The number of esters is 1. The van der Waals surface area contributed by atoms with E-state index in [1.54, 1.807) is 12.5 Å². The first-order valence-electron chi connectivity index (χ1n) is 7.88. The zero-order valence-corrected chi connectivity index (χ0v) is 13.7. The van der Waals surface area contributed by atoms with Crippen molar-refractivity contribution >= 4 is 5.97 Å². The van der Waals surface area contributed by atoms with Crippen LogP contribution in [-0.2, 0) is 9.47 Å². The summed E-state index contributed by atoms with van der Waals surface area (Å²) >= 11 is 0. The largest absolute Gasteiger partial charge is 0.455 e. The molecule has 0 radical (unpaired) electrons. The van der Waals surface area contributed by atoms with Crippen molar-refractivity contribution in [1.29, 1.82) is 0 Å². The van der Waals surface area contributed by atoms with Crippen LogP contribution in [0.25, 0.3) is 0 Å². The molecule has 2 heterocycles. The Balaban J connectivity index is 1.76. The first kappa shape index (κ1) is 15.7. The molecule has 0 amide bonds. The van der Waals surface area contributed by atoms with Crippen molar-refractivity contribution in [1.82, 2.24) is 9.55 Å². The summed E-state index contributed by atoms with van der Waals surface area (Å²) < 4.78 is 12.8. The lowest BCUT2D eigenvalue weighted by molar-refractivity contribution is -0.00840. The van der Waals surface area contributed by atoms with Gasteiger partial charge < -0.3 is 14.0 Å². The Hall–Kier alpha value is -2.14. The Morgan fingerprint density at radius 3 is 2.78 bits per heavy atom. The molecule has 1 aliphatic rings. The standard InChI is InChI=1S/C18H22N2O3/c1-13(14-7-5-4-6-8-14)20-12-19-10-16(20)17(21)23-18(2,3)9-15-11-22-15/h4-8,10,12-13,15H,9,11H2,1-3H3/t13-,15?/m1/s1. The highest BCUT2D eigenvalue weighted by Crippen LogP contribution is 2.27. The summed E-state index contributed by atoms with van der Waals surface area (Å²) in [7, 11) is 0. The fraction of sp³-hybridized carbons (Fsp3) is 0.444. The third-order valence-electron chi connectivity index (χ3n) is 4.07. The third kappa shape index (κ3) is 3.79. The van der Waals surface area contributed by atoms with Crippen molar-refractivity contribution in [3.8, 4) is 0 Å². The number of benzene rings is 1. The second-order valence-electron chi connectivity index (χ2n) is 6.58. The van der Waals surface area contributed by atoms with Gasteiger partial charge in [0.1, 0.15) is 11.3 Å². The van der Waals surface area contributed by atoms with Crippen LogP contribution >= 0.6 is 0 Å². The van der Waals surface area contributed by atoms with Crippen molar-refractivity contribution in [2.24, 2.45) is 0 Å². The summed E-state index contributed by atoms with van der Waals surface area (Å²) in [5.41, 5.74) is 1.03. The number of aromatic nitrogens is 2. The van der Waals surface area contributed by atoms with Crippen LogP contribution in [0.5, 0.6) is 0 Å². The van der Waals surface area contributed by atoms with Crippen LogP contribution in [0.15, 0.2) is 42.9 Å². The molecule has 0 spiro atoms. The van der Waals surface area contributed by atoms with Gasteiger partial charge in [-0.25, -0.2) is 9.78 Å². The maximum absolute atomic E-state index is 12.6. The number of rotatable bonds is 6. The van der Waals surface area contributed by atoms with E-state index in [2.05, 4.69) is 4.98 Å². The smallest absolute Gasteiger partial charge is 0.357 e. The predicted octanol–water partition coefficient (Wildman–Crippen LogP) is 3.22. The van der Waals surface area contributed by atoms with Gasteiger partial charge in [0.15, 0.2) is 0 Å². The molecule has 1 aliphatic heterocycles. The molecule has 0 bridgehead atoms. The molecule has 0 N–H and O–H groups in total. The highest BCUT2D eigenvalue weighted by molar-refractivity contribution is 5.87. The van der Waals surface area contributed by atoms with Gasteiger partial charge in [-0.3, -0.25) is 0 Å². The van der Waals surface area contributed by atoms with Crippen LogP contribution in [0.3, 0.4) is 0 Å². The Morgan fingerprint density at radius 1 is 1.43 bits per heavy atom. The summed E-state index contributed by atoms with van der Waals surface area (Å²) in [4.78, 5) is 16.7. The van der Waals surface area contributed by atoms with Crippen LogP contribution in [0.1, 0.15) is 49.3 Å². The molecule has 2 atom stereocenters. The number of hydrogen-bond donors (Lipinski definition) is 0. The first-order valence-corrected chi connectivity index (χ1v) is 7.88. The number of carbonyl (C=O) groups is 1. The lowest BCUT2D eigenvalue weighted by Crippen LogP contribution is -2.31. The molecule has 1 fully saturated rings. The van der Waals surface area contributed by atoms with Crippen molar-refractivity contribution in [3.05, 3.63) is 54.1 Å². The number of epoxide rings is 1. The highest BCUT2D eigenvalue weighted by atomic mass is 16.6. The molecule has 2 aromatic rings. The quantitative estimate of drug-likeness (QED) is 0.607. The van der Waals surface area contributed by atoms with Crippen molar-refractivity contribution in [2.45, 2.75) is 44.9 Å². The van der Waals surface area contributed by atoms with Gasteiger partial charge in [-0.15, -0.1) is 0 Å². The summed E-state index contributed by atoms with van der Waals surface area (Å²) in [6.07, 6.45) is 4.16. The van der Waals surface area contributed by atoms with E-state index in [9.17, 15) is 4.79 Å². The van der Waals surface area contributed by atoms with Gasteiger partial charge in [-0.1, -0.05) is 30.3 Å². The fourth-order valence-electron chi connectivity index (χ4n) is 2.74. The zero-order valence-electron chi connectivity index (χ0n) is 13.7. The van der Waals surface area contributed by atoms with Crippen LogP contribution in [0.2, 0.25) is 0 Å². The van der Waals surface area contributed by atoms with Gasteiger partial charge in [0.2, 0.25) is 0 Å². The molecule has 122 valence electrons. The topological polar surface area (TPSA) is 56.7 Å². The van der Waals surface area contributed by atoms with Crippen LogP contribution in [0, 0.1) is 0 Å². The molecule has 0 aliphatic carbocycles. The normalized spacial score (nSPS) is 18.5. The molecule has 23 heavy (non-hydrogen) atoms. The molecular formula is C18H22N2O3. The Labute approximate surface area is 136 Å². The fourth-order valence-corrected chi connectivity index (χ4v) is 2.74. The molecule has 1 aromatic carbocycles. The average Bonchev–Trinajstić information content (AvgIpc) is 3.17. The SMILES string of the molecule is C[C@H](c1ccccc1)n1cncc1C(=O)OC(C)(C)CC1CO1. The van der Waals surface area contributed by atoms with E-state index in [4.69, 9.17) is 9.47 Å². The molecule has 0 saturated carbocycles. The zero-order chi connectivity index (χ0) is 16.4. The van der Waals surface area contributed by atoms with Gasteiger partial charge >= 0.3 is 5.97 Å². The minimum atomic E-state index is -0.552. The van der Waals surface area contributed by atoms with E-state index in [-0.39, 0.29) is 18.1 Å². The molecule has 1 aromatic heterocycles. The number of nitrogens with zero attached hydrogens (tertiary/aromatic N) is 2. The van der Waals surface area contributed by atoms with Gasteiger partial charge in [0, 0.05) is 6.42 Å². The van der Waals surface area contributed by atoms with Crippen molar-refractivity contribution in [3.63, 3.8) is 0 Å². The highest BCUT2D eigenvalue weighted by Gasteiger charge is 2.34. The van der Waals surface area contributed by atoms with Gasteiger partial charge in [0.25, 0.3) is 0 Å². The van der Waals surface area contributed by atoms with Crippen LogP contribution in [-0.4, -0.2) is 33.8 Å². The minimum absolute atomic E-state index is 0.0103. The van der Waals surface area contributed by atoms with E-state index in [1.807, 2.05) is 55.7 Å². The maximum Gasteiger partial charge on any atom is 0.357 e. The second-order valence-corrected chi connectivity index (χ2v) is 6.58. The first-order chi connectivity index (χ1) is 11.0. The predicted molar refractivity (Wildman–Crippen MR) is 86.3 cm³/mol. The molecular weight excluding hydrogens is 292 g/mol. The van der Waals surface area contributed by atoms with Crippen LogP contribution < -0.4 is 0 Å². The number of imidazole rings is 1. The second kappa shape index (κ2) is 6.16. The van der Waals surface area contributed by atoms with Gasteiger partial charge in [-0.05, 0) is 26.3 Å². The molecule has 5 nitrogen and oxygen atoms in total. The van der Waals surface area contributed by atoms with Gasteiger partial charge in [0.05, 0.1) is 31.3 Å². The Bertz CT molecular complexity index is 675. The monoisotopic (exact) mass is 314 g/mol. The summed E-state index contributed by atoms with van der Waals surface area (Å²) in [6.45, 7) is 6.61. The Morgan fingerprint density at radius 2 is 2.13 bits per heavy atom. The lowest BCUT2D eigenvalue weighted by Gasteiger charge is -2.25. The third-order valence-corrected chi connectivity index (χ3v) is 4.07. The van der Waals surface area contributed by atoms with E-state index in [1.165, 1.54) is 0 Å². The molecule has 3 rings (SSSR count). The van der Waals surface area contributed by atoms with Crippen molar-refractivity contribution < 1.29 is 14.3 Å². The molecule has 1 unspecified atom stereocenters. The summed E-state index contributed by atoms with van der Waals surface area (Å²) in [5.74, 6) is -0.351. The minimum Gasteiger partial charge on any atom is -0.455 e. The van der Waals surface area contributed by atoms with Crippen LogP contribution in [0.4, 0.5) is 0 Å². The van der Waals surface area contributed by atoms with E-state index in [0.717, 1.165) is 12.2 Å². The molecule has 5 heteroatoms. The summed E-state index contributed by atoms with van der Waals surface area (Å²) in [5, 5.41) is 0. The van der Waals surface area contributed by atoms with E-state index in [0.29, 0.717) is 12.1 Å².